The van der Waals surface area contributed by atoms with Crippen LogP contribution in [0.4, 0.5) is 15.8 Å². The summed E-state index contributed by atoms with van der Waals surface area (Å²) < 4.78 is 12.9. The number of nitrogens with zero attached hydrogens (tertiary/aromatic N) is 1. The number of hydrogen-bond donors (Lipinski definition) is 2. The summed E-state index contributed by atoms with van der Waals surface area (Å²) in [6, 6.07) is 4.25. The molecular formula is C13H18FN3O. The maximum absolute atomic E-state index is 12.9. The van der Waals surface area contributed by atoms with Gasteiger partial charge in [0.25, 0.3) is 0 Å². The van der Waals surface area contributed by atoms with Gasteiger partial charge in [-0.2, -0.15) is 0 Å². The fourth-order valence-corrected chi connectivity index (χ4v) is 1.87. The lowest BCUT2D eigenvalue weighted by molar-refractivity contribution is -0.120. The second kappa shape index (κ2) is 4.94. The predicted octanol–water partition coefficient (Wildman–Crippen LogP) is 1.83. The SMILES string of the molecule is CC(C(=O)Nc1ccc(F)cc1N)N(C)C1CC1. The first-order valence-electron chi connectivity index (χ1n) is 6.07. The number of carbonyl (C=O) groups is 1. The van der Waals surface area contributed by atoms with Crippen molar-refractivity contribution in [2.24, 2.45) is 0 Å². The van der Waals surface area contributed by atoms with Crippen LogP contribution < -0.4 is 11.1 Å². The van der Waals surface area contributed by atoms with Crippen molar-refractivity contribution in [3.05, 3.63) is 24.0 Å². The third-order valence-electron chi connectivity index (χ3n) is 3.38. The van der Waals surface area contributed by atoms with E-state index in [0.29, 0.717) is 11.7 Å². The van der Waals surface area contributed by atoms with Crippen LogP contribution in [0.3, 0.4) is 0 Å². The van der Waals surface area contributed by atoms with Crippen LogP contribution in [0, 0.1) is 5.82 Å². The van der Waals surface area contributed by atoms with Crippen molar-refractivity contribution in [3.8, 4) is 0 Å². The fourth-order valence-electron chi connectivity index (χ4n) is 1.87. The molecule has 0 heterocycles. The van der Waals surface area contributed by atoms with Crippen LogP contribution in [-0.2, 0) is 4.79 Å². The third-order valence-corrected chi connectivity index (χ3v) is 3.38. The molecule has 1 atom stereocenters. The first-order valence-corrected chi connectivity index (χ1v) is 6.07. The minimum Gasteiger partial charge on any atom is -0.397 e. The molecule has 18 heavy (non-hydrogen) atoms. The molecule has 1 amide bonds. The monoisotopic (exact) mass is 251 g/mol. The van der Waals surface area contributed by atoms with Gasteiger partial charge in [0.15, 0.2) is 0 Å². The van der Waals surface area contributed by atoms with Crippen molar-refractivity contribution in [2.75, 3.05) is 18.1 Å². The normalized spacial score (nSPS) is 16.7. The number of amides is 1. The minimum absolute atomic E-state index is 0.122. The van der Waals surface area contributed by atoms with E-state index in [-0.39, 0.29) is 17.6 Å². The molecule has 0 radical (unpaired) electrons. The van der Waals surface area contributed by atoms with Gasteiger partial charge in [0.2, 0.25) is 5.91 Å². The van der Waals surface area contributed by atoms with Crippen LogP contribution in [0.25, 0.3) is 0 Å². The standard InChI is InChI=1S/C13H18FN3O/c1-8(17(2)10-4-5-10)13(18)16-12-6-3-9(14)7-11(12)15/h3,6-8,10H,4-5,15H2,1-2H3,(H,16,18). The summed E-state index contributed by atoms with van der Waals surface area (Å²) in [6.07, 6.45) is 2.29. The van der Waals surface area contributed by atoms with Crippen molar-refractivity contribution in [2.45, 2.75) is 31.8 Å². The van der Waals surface area contributed by atoms with Gasteiger partial charge in [-0.1, -0.05) is 0 Å². The van der Waals surface area contributed by atoms with Crippen LogP contribution in [0.15, 0.2) is 18.2 Å². The molecule has 1 aromatic rings. The van der Waals surface area contributed by atoms with E-state index in [2.05, 4.69) is 10.2 Å². The molecule has 0 spiro atoms. The molecule has 2 rings (SSSR count). The van der Waals surface area contributed by atoms with Gasteiger partial charge < -0.3 is 11.1 Å². The first-order chi connectivity index (χ1) is 8.49. The predicted molar refractivity (Wildman–Crippen MR) is 69.7 cm³/mol. The zero-order valence-corrected chi connectivity index (χ0v) is 10.6. The number of nitrogen functional groups attached to an aromatic ring is 1. The fraction of sp³-hybridized carbons (Fsp3) is 0.462. The molecule has 3 N–H and O–H groups in total. The smallest absolute Gasteiger partial charge is 0.241 e. The van der Waals surface area contributed by atoms with Gasteiger partial charge in [-0.3, -0.25) is 9.69 Å². The summed E-state index contributed by atoms with van der Waals surface area (Å²) in [7, 11) is 1.94. The number of rotatable bonds is 4. The quantitative estimate of drug-likeness (QED) is 0.803. The molecular weight excluding hydrogens is 233 g/mol. The molecule has 1 aromatic carbocycles. The number of benzene rings is 1. The van der Waals surface area contributed by atoms with E-state index in [4.69, 9.17) is 5.73 Å². The van der Waals surface area contributed by atoms with Gasteiger partial charge in [0.05, 0.1) is 17.4 Å². The Morgan fingerprint density at radius 2 is 2.22 bits per heavy atom. The molecule has 5 heteroatoms. The lowest BCUT2D eigenvalue weighted by Crippen LogP contribution is -2.40. The van der Waals surface area contributed by atoms with Crippen molar-refractivity contribution in [1.29, 1.82) is 0 Å². The number of hydrogen-bond acceptors (Lipinski definition) is 3. The molecule has 1 aliphatic carbocycles. The van der Waals surface area contributed by atoms with Crippen molar-refractivity contribution < 1.29 is 9.18 Å². The molecule has 0 bridgehead atoms. The van der Waals surface area contributed by atoms with Crippen LogP contribution in [0.2, 0.25) is 0 Å². The van der Waals surface area contributed by atoms with Crippen LogP contribution in [0.5, 0.6) is 0 Å². The first kappa shape index (κ1) is 12.8. The van der Waals surface area contributed by atoms with E-state index >= 15 is 0 Å². The van der Waals surface area contributed by atoms with Gasteiger partial charge in [-0.05, 0) is 45.0 Å². The molecule has 1 saturated carbocycles. The second-order valence-electron chi connectivity index (χ2n) is 4.79. The van der Waals surface area contributed by atoms with E-state index in [0.717, 1.165) is 12.8 Å². The highest BCUT2D eigenvalue weighted by Crippen LogP contribution is 2.27. The summed E-state index contributed by atoms with van der Waals surface area (Å²) >= 11 is 0. The van der Waals surface area contributed by atoms with Gasteiger partial charge in [0, 0.05) is 6.04 Å². The van der Waals surface area contributed by atoms with Crippen molar-refractivity contribution >= 4 is 17.3 Å². The van der Waals surface area contributed by atoms with Crippen LogP contribution >= 0.6 is 0 Å². The average Bonchev–Trinajstić information content (AvgIpc) is 3.14. The molecule has 98 valence electrons. The number of halogens is 1. The Morgan fingerprint density at radius 1 is 1.56 bits per heavy atom. The Kier molecular flexibility index (Phi) is 3.52. The number of carbonyl (C=O) groups excluding carboxylic acids is 1. The van der Waals surface area contributed by atoms with Gasteiger partial charge in [-0.25, -0.2) is 4.39 Å². The Labute approximate surface area is 106 Å². The summed E-state index contributed by atoms with van der Waals surface area (Å²) in [5.41, 5.74) is 6.35. The lowest BCUT2D eigenvalue weighted by atomic mass is 10.2. The van der Waals surface area contributed by atoms with E-state index in [1.807, 2.05) is 14.0 Å². The average molecular weight is 251 g/mol. The number of likely N-dealkylation sites (N-methyl/N-ethyl adjacent to an activating group) is 1. The summed E-state index contributed by atoms with van der Waals surface area (Å²) in [6.45, 7) is 1.85. The highest BCUT2D eigenvalue weighted by molar-refractivity contribution is 5.97. The Morgan fingerprint density at radius 3 is 2.78 bits per heavy atom. The Bertz CT molecular complexity index is 460. The van der Waals surface area contributed by atoms with Gasteiger partial charge in [-0.15, -0.1) is 0 Å². The number of nitrogens with one attached hydrogen (secondary N) is 1. The molecule has 0 saturated heterocycles. The molecule has 0 aromatic heterocycles. The largest absolute Gasteiger partial charge is 0.397 e. The lowest BCUT2D eigenvalue weighted by Gasteiger charge is -2.23. The maximum Gasteiger partial charge on any atom is 0.241 e. The van der Waals surface area contributed by atoms with Crippen molar-refractivity contribution in [1.82, 2.24) is 4.90 Å². The van der Waals surface area contributed by atoms with Gasteiger partial charge >= 0.3 is 0 Å². The van der Waals surface area contributed by atoms with E-state index in [1.165, 1.54) is 18.2 Å². The maximum atomic E-state index is 12.9. The van der Waals surface area contributed by atoms with Crippen LogP contribution in [-0.4, -0.2) is 29.9 Å². The number of nitrogens with two attached hydrogens (primary N) is 1. The molecule has 1 aliphatic rings. The molecule has 1 unspecified atom stereocenters. The van der Waals surface area contributed by atoms with E-state index < -0.39 is 5.82 Å². The minimum atomic E-state index is -0.409. The Balaban J connectivity index is 2.01. The van der Waals surface area contributed by atoms with Crippen LogP contribution in [0.1, 0.15) is 19.8 Å². The Hall–Kier alpha value is -1.62. The topological polar surface area (TPSA) is 58.4 Å². The number of anilines is 2. The van der Waals surface area contributed by atoms with Crippen molar-refractivity contribution in [3.63, 3.8) is 0 Å². The van der Waals surface area contributed by atoms with Gasteiger partial charge in [0.1, 0.15) is 5.82 Å². The third kappa shape index (κ3) is 2.79. The zero-order valence-electron chi connectivity index (χ0n) is 10.6. The van der Waals surface area contributed by atoms with E-state index in [9.17, 15) is 9.18 Å². The highest BCUT2D eigenvalue weighted by atomic mass is 19.1. The molecule has 0 aliphatic heterocycles. The highest BCUT2D eigenvalue weighted by Gasteiger charge is 2.32. The summed E-state index contributed by atoms with van der Waals surface area (Å²) in [5.74, 6) is -0.531. The second-order valence-corrected chi connectivity index (χ2v) is 4.79. The summed E-state index contributed by atoms with van der Waals surface area (Å²) in [5, 5.41) is 2.73. The van der Waals surface area contributed by atoms with E-state index in [1.54, 1.807) is 0 Å². The zero-order chi connectivity index (χ0) is 13.3. The molecule has 4 nitrogen and oxygen atoms in total. The molecule has 1 fully saturated rings. The summed E-state index contributed by atoms with van der Waals surface area (Å²) in [4.78, 5) is 14.1.